The molecule has 8 heteroatoms. The summed E-state index contributed by atoms with van der Waals surface area (Å²) >= 11 is 1.06. The molecule has 0 aliphatic carbocycles. The van der Waals surface area contributed by atoms with Gasteiger partial charge in [0.2, 0.25) is 5.89 Å². The topological polar surface area (TPSA) is 94.3 Å². The third kappa shape index (κ3) is 5.33. The summed E-state index contributed by atoms with van der Waals surface area (Å²) in [5.74, 6) is -0.598. The fourth-order valence-corrected chi connectivity index (χ4v) is 3.71. The number of thioether (sulfide) groups is 1. The third-order valence-corrected chi connectivity index (χ3v) is 5.54. The lowest BCUT2D eigenvalue weighted by Crippen LogP contribution is -2.22. The van der Waals surface area contributed by atoms with Gasteiger partial charge in [-0.25, -0.2) is 0 Å². The number of hydrogen-bond acceptors (Lipinski definition) is 7. The normalized spacial score (nSPS) is 10.8. The first-order valence-electron chi connectivity index (χ1n) is 10.1. The molecule has 0 aliphatic heterocycles. The van der Waals surface area contributed by atoms with Gasteiger partial charge in [-0.15, -0.1) is 10.2 Å². The molecule has 162 valence electrons. The van der Waals surface area contributed by atoms with Crippen molar-refractivity contribution in [1.82, 2.24) is 10.2 Å². The molecule has 32 heavy (non-hydrogen) atoms. The molecule has 4 rings (SSSR count). The first kappa shape index (κ1) is 21.6. The molecule has 0 unspecified atom stereocenters. The van der Waals surface area contributed by atoms with Crippen molar-refractivity contribution in [1.29, 1.82) is 0 Å². The fourth-order valence-electron chi connectivity index (χ4n) is 3.15. The average molecular weight is 448 g/mol. The third-order valence-electron chi connectivity index (χ3n) is 4.75. The number of anilines is 1. The Labute approximate surface area is 189 Å². The molecule has 1 N–H and O–H groups in total. The number of aromatic nitrogens is 2. The van der Waals surface area contributed by atoms with Gasteiger partial charge in [-0.2, -0.15) is 0 Å². The fraction of sp³-hybridized carbons (Fsp3) is 0.167. The maximum absolute atomic E-state index is 12.1. The van der Waals surface area contributed by atoms with Gasteiger partial charge in [0.1, 0.15) is 5.75 Å². The molecule has 0 atom stereocenters. The van der Waals surface area contributed by atoms with Gasteiger partial charge in [-0.3, -0.25) is 9.59 Å². The number of benzene rings is 3. The molecule has 0 spiro atoms. The highest BCUT2D eigenvalue weighted by Crippen LogP contribution is 2.26. The zero-order valence-corrected chi connectivity index (χ0v) is 18.2. The first-order chi connectivity index (χ1) is 15.6. The van der Waals surface area contributed by atoms with E-state index in [0.717, 1.165) is 45.8 Å². The molecular formula is C24H21N3O4S. The Balaban J connectivity index is 1.27. The summed E-state index contributed by atoms with van der Waals surface area (Å²) in [6.07, 6.45) is 0.790. The second-order valence-corrected chi connectivity index (χ2v) is 7.87. The summed E-state index contributed by atoms with van der Waals surface area (Å²) in [6, 6.07) is 21.4. The van der Waals surface area contributed by atoms with Gasteiger partial charge in [0, 0.05) is 11.3 Å². The lowest BCUT2D eigenvalue weighted by Gasteiger charge is -2.09. The van der Waals surface area contributed by atoms with E-state index in [1.54, 1.807) is 0 Å². The second-order valence-electron chi connectivity index (χ2n) is 6.94. The maximum Gasteiger partial charge on any atom is 0.316 e. The van der Waals surface area contributed by atoms with Crippen LogP contribution in [0.3, 0.4) is 0 Å². The van der Waals surface area contributed by atoms with Crippen LogP contribution in [0.4, 0.5) is 5.69 Å². The van der Waals surface area contributed by atoms with E-state index in [0.29, 0.717) is 5.89 Å². The van der Waals surface area contributed by atoms with E-state index >= 15 is 0 Å². The van der Waals surface area contributed by atoms with Crippen LogP contribution in [-0.4, -0.2) is 34.4 Å². The molecular weight excluding hydrogens is 426 g/mol. The van der Waals surface area contributed by atoms with E-state index in [9.17, 15) is 9.59 Å². The van der Waals surface area contributed by atoms with Gasteiger partial charge in [0.05, 0.1) is 0 Å². The van der Waals surface area contributed by atoms with Gasteiger partial charge in [0.15, 0.2) is 6.61 Å². The number of aryl methyl sites for hydroxylation is 1. The Morgan fingerprint density at radius 3 is 2.62 bits per heavy atom. The highest BCUT2D eigenvalue weighted by molar-refractivity contribution is 7.99. The van der Waals surface area contributed by atoms with E-state index in [2.05, 4.69) is 15.5 Å². The Morgan fingerprint density at radius 2 is 1.78 bits per heavy atom. The Kier molecular flexibility index (Phi) is 6.81. The van der Waals surface area contributed by atoms with Gasteiger partial charge in [-0.05, 0) is 41.0 Å². The number of esters is 1. The van der Waals surface area contributed by atoms with Crippen LogP contribution < -0.4 is 5.32 Å². The number of nitrogens with one attached hydrogen (secondary N) is 1. The zero-order valence-electron chi connectivity index (χ0n) is 17.4. The summed E-state index contributed by atoms with van der Waals surface area (Å²) in [5.41, 5.74) is 2.54. The number of fused-ring (bicyclic) bond motifs is 1. The van der Waals surface area contributed by atoms with Crippen LogP contribution in [0, 0.1) is 0 Å². The lowest BCUT2D eigenvalue weighted by molar-refractivity contribution is -0.144. The number of nitrogens with zero attached hydrogens (tertiary/aromatic N) is 2. The summed E-state index contributed by atoms with van der Waals surface area (Å²) in [4.78, 5) is 24.1. The lowest BCUT2D eigenvalue weighted by atomic mass is 10.1. The first-order valence-corrected chi connectivity index (χ1v) is 11.1. The van der Waals surface area contributed by atoms with Gasteiger partial charge < -0.3 is 14.5 Å². The summed E-state index contributed by atoms with van der Waals surface area (Å²) < 4.78 is 10.7. The molecule has 1 aromatic heterocycles. The molecule has 0 aliphatic rings. The van der Waals surface area contributed by atoms with Crippen molar-refractivity contribution in [3.8, 4) is 11.5 Å². The molecule has 7 nitrogen and oxygen atoms in total. The minimum Gasteiger partial charge on any atom is -0.455 e. The Bertz CT molecular complexity index is 1250. The van der Waals surface area contributed by atoms with Crippen LogP contribution in [-0.2, 0) is 20.7 Å². The van der Waals surface area contributed by atoms with Gasteiger partial charge in [0.25, 0.3) is 11.1 Å². The molecule has 4 aromatic rings. The SMILES string of the molecule is CCc1ccccc1NC(=O)COC(=O)CSc1nnc(-c2ccc3ccccc3c2)o1. The number of carbonyl (C=O) groups excluding carboxylic acids is 2. The van der Waals surface area contributed by atoms with Crippen LogP contribution in [0.25, 0.3) is 22.2 Å². The largest absolute Gasteiger partial charge is 0.455 e. The minimum absolute atomic E-state index is 0.0435. The summed E-state index contributed by atoms with van der Waals surface area (Å²) in [5, 5.41) is 13.2. The van der Waals surface area contributed by atoms with Crippen molar-refractivity contribution in [3.05, 3.63) is 72.3 Å². The monoisotopic (exact) mass is 447 g/mol. The quantitative estimate of drug-likeness (QED) is 0.308. The predicted octanol–water partition coefficient (Wildman–Crippen LogP) is 4.73. The molecule has 0 fully saturated rings. The van der Waals surface area contributed by atoms with Crippen LogP contribution in [0.5, 0.6) is 0 Å². The molecule has 0 saturated carbocycles. The van der Waals surface area contributed by atoms with Crippen LogP contribution in [0.2, 0.25) is 0 Å². The van der Waals surface area contributed by atoms with Crippen molar-refractivity contribution in [2.45, 2.75) is 18.6 Å². The van der Waals surface area contributed by atoms with Gasteiger partial charge >= 0.3 is 5.97 Å². The summed E-state index contributed by atoms with van der Waals surface area (Å²) in [6.45, 7) is 1.65. The minimum atomic E-state index is -0.542. The highest BCUT2D eigenvalue weighted by atomic mass is 32.2. The van der Waals surface area contributed by atoms with E-state index in [1.165, 1.54) is 0 Å². The molecule has 0 saturated heterocycles. The van der Waals surface area contributed by atoms with Crippen molar-refractivity contribution in [2.75, 3.05) is 17.7 Å². The molecule has 0 bridgehead atoms. The smallest absolute Gasteiger partial charge is 0.316 e. The van der Waals surface area contributed by atoms with Crippen molar-refractivity contribution in [2.24, 2.45) is 0 Å². The molecule has 1 amide bonds. The molecule has 3 aromatic carbocycles. The van der Waals surface area contributed by atoms with Crippen molar-refractivity contribution >= 4 is 40.1 Å². The molecule has 1 heterocycles. The number of rotatable bonds is 8. The molecule has 0 radical (unpaired) electrons. The number of ether oxygens (including phenoxy) is 1. The van der Waals surface area contributed by atoms with Crippen LogP contribution >= 0.6 is 11.8 Å². The van der Waals surface area contributed by atoms with Crippen molar-refractivity contribution in [3.63, 3.8) is 0 Å². The number of hydrogen-bond donors (Lipinski definition) is 1. The average Bonchev–Trinajstić information content (AvgIpc) is 3.30. The van der Waals surface area contributed by atoms with Crippen molar-refractivity contribution < 1.29 is 18.7 Å². The Morgan fingerprint density at radius 1 is 1.00 bits per heavy atom. The van der Waals surface area contributed by atoms with Gasteiger partial charge in [-0.1, -0.05) is 67.2 Å². The maximum atomic E-state index is 12.1. The highest BCUT2D eigenvalue weighted by Gasteiger charge is 2.14. The second kappa shape index (κ2) is 10.1. The number of amides is 1. The predicted molar refractivity (Wildman–Crippen MR) is 123 cm³/mol. The van der Waals surface area contributed by atoms with Crippen LogP contribution in [0.1, 0.15) is 12.5 Å². The zero-order chi connectivity index (χ0) is 22.3. The Hall–Kier alpha value is -3.65. The van der Waals surface area contributed by atoms with E-state index in [4.69, 9.17) is 9.15 Å². The number of para-hydroxylation sites is 1. The van der Waals surface area contributed by atoms with E-state index in [-0.39, 0.29) is 23.5 Å². The summed E-state index contributed by atoms with van der Waals surface area (Å²) in [7, 11) is 0. The standard InChI is InChI=1S/C24H21N3O4S/c1-2-16-7-5-6-10-20(16)25-21(28)14-30-22(29)15-32-24-27-26-23(31-24)19-12-11-17-8-3-4-9-18(17)13-19/h3-13H,2,14-15H2,1H3,(H,25,28). The van der Waals surface area contributed by atoms with Crippen LogP contribution in [0.15, 0.2) is 76.4 Å². The number of carbonyl (C=O) groups is 2. The van der Waals surface area contributed by atoms with E-state index in [1.807, 2.05) is 73.7 Å². The van der Waals surface area contributed by atoms with E-state index < -0.39 is 5.97 Å².